The number of halogens is 3. The average molecular weight is 437 g/mol. The van der Waals surface area contributed by atoms with Gasteiger partial charge in [-0.05, 0) is 43.4 Å². The van der Waals surface area contributed by atoms with Crippen LogP contribution < -0.4 is 15.4 Å². The van der Waals surface area contributed by atoms with Crippen LogP contribution in [0.4, 0.5) is 13.2 Å². The maximum absolute atomic E-state index is 12.6. The highest BCUT2D eigenvalue weighted by Crippen LogP contribution is 2.28. The molecule has 0 atom stereocenters. The van der Waals surface area contributed by atoms with Crippen LogP contribution >= 0.6 is 0 Å². The fourth-order valence-corrected chi connectivity index (χ4v) is 4.10. The van der Waals surface area contributed by atoms with Crippen LogP contribution in [0.15, 0.2) is 23.2 Å². The van der Waals surface area contributed by atoms with Crippen molar-refractivity contribution in [1.82, 2.24) is 14.9 Å². The van der Waals surface area contributed by atoms with Crippen molar-refractivity contribution in [3.8, 4) is 5.75 Å². The first-order valence-electron chi connectivity index (χ1n) is 9.25. The Morgan fingerprint density at radius 3 is 2.52 bits per heavy atom. The summed E-state index contributed by atoms with van der Waals surface area (Å²) in [5.74, 6) is 1.35. The van der Waals surface area contributed by atoms with Gasteiger partial charge in [0.2, 0.25) is 0 Å². The summed E-state index contributed by atoms with van der Waals surface area (Å²) in [4.78, 5) is 4.13. The molecule has 164 valence electrons. The first kappa shape index (κ1) is 23.3. The zero-order valence-electron chi connectivity index (χ0n) is 16.7. The van der Waals surface area contributed by atoms with Gasteiger partial charge in [0.15, 0.2) is 5.96 Å². The van der Waals surface area contributed by atoms with Gasteiger partial charge in [-0.25, -0.2) is 8.42 Å². The van der Waals surface area contributed by atoms with E-state index in [1.807, 2.05) is 25.1 Å². The molecule has 1 fully saturated rings. The molecule has 0 aliphatic carbocycles. The monoisotopic (exact) mass is 436 g/mol. The standard InChI is InChI=1S/C18H27F3N4O3S/c1-13-4-5-14(12-16(13)28-3)6-9-23-17(22-2)24-15-7-10-25(11-8-15)29(26,27)18(19,20)21/h4-5,12,15H,6-11H2,1-3H3,(H2,22,23,24). The van der Waals surface area contributed by atoms with Gasteiger partial charge in [0, 0.05) is 32.7 Å². The summed E-state index contributed by atoms with van der Waals surface area (Å²) in [6.45, 7) is 2.21. The number of hydrogen-bond donors (Lipinski definition) is 2. The number of rotatable bonds is 6. The third kappa shape index (κ3) is 5.99. The molecule has 1 aliphatic heterocycles. The van der Waals surface area contributed by atoms with Crippen molar-refractivity contribution < 1.29 is 26.3 Å². The van der Waals surface area contributed by atoms with Crippen LogP contribution in [0, 0.1) is 6.92 Å². The predicted molar refractivity (Wildman–Crippen MR) is 106 cm³/mol. The summed E-state index contributed by atoms with van der Waals surface area (Å²) in [6, 6.07) is 5.83. The van der Waals surface area contributed by atoms with E-state index < -0.39 is 15.5 Å². The summed E-state index contributed by atoms with van der Waals surface area (Å²) >= 11 is 0. The molecule has 7 nitrogen and oxygen atoms in total. The van der Waals surface area contributed by atoms with Crippen molar-refractivity contribution in [2.75, 3.05) is 33.8 Å². The van der Waals surface area contributed by atoms with Crippen LogP contribution in [0.25, 0.3) is 0 Å². The van der Waals surface area contributed by atoms with Crippen molar-refractivity contribution in [2.45, 2.75) is 37.7 Å². The Hall–Kier alpha value is -2.01. The van der Waals surface area contributed by atoms with Crippen LogP contribution in [0.5, 0.6) is 5.75 Å². The van der Waals surface area contributed by atoms with Gasteiger partial charge in [0.25, 0.3) is 0 Å². The minimum atomic E-state index is -5.26. The Bertz CT molecular complexity index is 820. The molecule has 2 N–H and O–H groups in total. The van der Waals surface area contributed by atoms with Gasteiger partial charge < -0.3 is 15.4 Å². The first-order valence-corrected chi connectivity index (χ1v) is 10.7. The number of sulfonamides is 1. The molecular formula is C18H27F3N4O3S. The molecule has 0 aromatic heterocycles. The zero-order chi connectivity index (χ0) is 21.7. The highest BCUT2D eigenvalue weighted by molar-refractivity contribution is 7.90. The van der Waals surface area contributed by atoms with E-state index >= 15 is 0 Å². The molecule has 11 heteroatoms. The molecule has 0 saturated carbocycles. The number of hydrogen-bond acceptors (Lipinski definition) is 4. The molecular weight excluding hydrogens is 409 g/mol. The molecule has 0 radical (unpaired) electrons. The fraction of sp³-hybridized carbons (Fsp3) is 0.611. The number of nitrogens with zero attached hydrogens (tertiary/aromatic N) is 2. The lowest BCUT2D eigenvalue weighted by Crippen LogP contribution is -2.51. The van der Waals surface area contributed by atoms with Crippen molar-refractivity contribution in [3.05, 3.63) is 29.3 Å². The van der Waals surface area contributed by atoms with E-state index in [1.165, 1.54) is 0 Å². The second-order valence-corrected chi connectivity index (χ2v) is 8.75. The average Bonchev–Trinajstić information content (AvgIpc) is 2.68. The fourth-order valence-electron chi connectivity index (χ4n) is 3.12. The third-order valence-electron chi connectivity index (χ3n) is 4.83. The minimum absolute atomic E-state index is 0.152. The second kappa shape index (κ2) is 9.66. The Balaban J connectivity index is 1.81. The number of guanidine groups is 1. The Labute approximate surface area is 169 Å². The second-order valence-electron chi connectivity index (χ2n) is 6.82. The number of aliphatic imine (C=N–C) groups is 1. The third-order valence-corrected chi connectivity index (χ3v) is 6.46. The molecule has 1 aliphatic rings. The normalized spacial score (nSPS) is 17.2. The van der Waals surface area contributed by atoms with Crippen LogP contribution in [0.3, 0.4) is 0 Å². The van der Waals surface area contributed by atoms with Crippen LogP contribution in [0.1, 0.15) is 24.0 Å². The quantitative estimate of drug-likeness (QED) is 0.527. The summed E-state index contributed by atoms with van der Waals surface area (Å²) in [7, 11) is -2.03. The van der Waals surface area contributed by atoms with Gasteiger partial charge in [-0.2, -0.15) is 17.5 Å². The lowest BCUT2D eigenvalue weighted by atomic mass is 10.1. The molecule has 29 heavy (non-hydrogen) atoms. The van der Waals surface area contributed by atoms with Gasteiger partial charge in [0.05, 0.1) is 7.11 Å². The summed E-state index contributed by atoms with van der Waals surface area (Å²) in [5, 5.41) is 6.31. The van der Waals surface area contributed by atoms with Gasteiger partial charge in [-0.1, -0.05) is 12.1 Å². The van der Waals surface area contributed by atoms with Crippen molar-refractivity contribution >= 4 is 16.0 Å². The molecule has 0 amide bonds. The van der Waals surface area contributed by atoms with E-state index in [9.17, 15) is 21.6 Å². The molecule has 2 rings (SSSR count). The summed E-state index contributed by atoms with van der Waals surface area (Å²) < 4.78 is 66.7. The topological polar surface area (TPSA) is 83.0 Å². The molecule has 1 saturated heterocycles. The molecule has 0 bridgehead atoms. The summed E-state index contributed by atoms with van der Waals surface area (Å²) in [6.07, 6.45) is 1.27. The van der Waals surface area contributed by atoms with E-state index in [4.69, 9.17) is 4.74 Å². The predicted octanol–water partition coefficient (Wildman–Crippen LogP) is 2.03. The van der Waals surface area contributed by atoms with Crippen molar-refractivity contribution in [1.29, 1.82) is 0 Å². The number of aryl methyl sites for hydroxylation is 1. The van der Waals surface area contributed by atoms with Crippen molar-refractivity contribution in [2.24, 2.45) is 4.99 Å². The van der Waals surface area contributed by atoms with E-state index in [1.54, 1.807) is 14.2 Å². The van der Waals surface area contributed by atoms with Crippen LogP contribution in [0.2, 0.25) is 0 Å². The number of methoxy groups -OCH3 is 1. The van der Waals surface area contributed by atoms with Gasteiger partial charge in [0.1, 0.15) is 5.75 Å². The van der Waals surface area contributed by atoms with Crippen molar-refractivity contribution in [3.63, 3.8) is 0 Å². The Kier molecular flexibility index (Phi) is 7.75. The van der Waals surface area contributed by atoms with Gasteiger partial charge in [-0.3, -0.25) is 4.99 Å². The minimum Gasteiger partial charge on any atom is -0.496 e. The SMILES string of the molecule is CN=C(NCCc1ccc(C)c(OC)c1)NC1CCN(S(=O)(=O)C(F)(F)F)CC1. The lowest BCUT2D eigenvalue weighted by Gasteiger charge is -2.32. The van der Waals surface area contributed by atoms with Crippen LogP contribution in [-0.2, 0) is 16.4 Å². The molecule has 1 aromatic rings. The molecule has 1 heterocycles. The maximum atomic E-state index is 12.6. The molecule has 1 aromatic carbocycles. The number of piperidine rings is 1. The smallest absolute Gasteiger partial charge is 0.496 e. The largest absolute Gasteiger partial charge is 0.511 e. The van der Waals surface area contributed by atoms with E-state index in [2.05, 4.69) is 15.6 Å². The van der Waals surface area contributed by atoms with E-state index in [0.717, 1.165) is 23.3 Å². The first-order chi connectivity index (χ1) is 13.6. The molecule has 0 spiro atoms. The number of benzene rings is 1. The molecule has 0 unspecified atom stereocenters. The lowest BCUT2D eigenvalue weighted by molar-refractivity contribution is -0.0494. The van der Waals surface area contributed by atoms with E-state index in [-0.39, 0.29) is 32.0 Å². The number of nitrogens with one attached hydrogen (secondary N) is 2. The van der Waals surface area contributed by atoms with Gasteiger partial charge in [-0.15, -0.1) is 0 Å². The Morgan fingerprint density at radius 2 is 1.97 bits per heavy atom. The summed E-state index contributed by atoms with van der Waals surface area (Å²) in [5.41, 5.74) is -3.11. The highest BCUT2D eigenvalue weighted by Gasteiger charge is 2.50. The zero-order valence-corrected chi connectivity index (χ0v) is 17.5. The highest BCUT2D eigenvalue weighted by atomic mass is 32.2. The number of alkyl halides is 3. The van der Waals surface area contributed by atoms with Gasteiger partial charge >= 0.3 is 15.5 Å². The van der Waals surface area contributed by atoms with E-state index in [0.29, 0.717) is 16.8 Å². The van der Waals surface area contributed by atoms with Crippen LogP contribution in [-0.4, -0.2) is 64.0 Å². The maximum Gasteiger partial charge on any atom is 0.511 e. The Morgan fingerprint density at radius 1 is 1.31 bits per heavy atom. The number of ether oxygens (including phenoxy) is 1.